The third-order valence-electron chi connectivity index (χ3n) is 4.60. The molecular formula is C17H21BrN2S. The Morgan fingerprint density at radius 1 is 1.38 bits per heavy atom. The third kappa shape index (κ3) is 2.69. The highest BCUT2D eigenvalue weighted by Gasteiger charge is 2.37. The van der Waals surface area contributed by atoms with Gasteiger partial charge in [0.15, 0.2) is 0 Å². The fraction of sp³-hybridized carbons (Fsp3) is 0.471. The summed E-state index contributed by atoms with van der Waals surface area (Å²) in [7, 11) is 2.08. The van der Waals surface area contributed by atoms with E-state index in [-0.39, 0.29) is 5.54 Å². The van der Waals surface area contributed by atoms with Crippen molar-refractivity contribution >= 4 is 27.3 Å². The third-order valence-corrected chi connectivity index (χ3v) is 6.31. The molecule has 4 heteroatoms. The quantitative estimate of drug-likeness (QED) is 0.873. The number of fused-ring (bicyclic) bond motifs is 1. The van der Waals surface area contributed by atoms with Crippen LogP contribution >= 0.6 is 27.3 Å². The molecule has 1 heterocycles. The molecule has 0 amide bonds. The van der Waals surface area contributed by atoms with Crippen molar-refractivity contribution in [3.63, 3.8) is 0 Å². The van der Waals surface area contributed by atoms with Gasteiger partial charge in [-0.3, -0.25) is 0 Å². The number of likely N-dealkylation sites (N-methyl/N-ethyl adjacent to an activating group) is 1. The molecule has 0 spiro atoms. The number of rotatable bonds is 3. The second kappa shape index (κ2) is 5.82. The van der Waals surface area contributed by atoms with Crippen LogP contribution in [0.15, 0.2) is 22.7 Å². The van der Waals surface area contributed by atoms with Gasteiger partial charge in [0, 0.05) is 9.35 Å². The number of nitrogens with zero attached hydrogens (tertiary/aromatic N) is 1. The first-order chi connectivity index (χ1) is 10.1. The van der Waals surface area contributed by atoms with Gasteiger partial charge in [0.25, 0.3) is 0 Å². The van der Waals surface area contributed by atoms with E-state index in [1.807, 2.05) is 11.3 Å². The number of halogens is 1. The van der Waals surface area contributed by atoms with Crippen molar-refractivity contribution in [2.45, 2.75) is 45.1 Å². The SMILES string of the molecule is CCc1nc(C2(NC)CCc3cc(Br)ccc3C2)sc1C. The van der Waals surface area contributed by atoms with E-state index in [1.165, 1.54) is 31.2 Å². The number of hydrogen-bond acceptors (Lipinski definition) is 3. The Hall–Kier alpha value is -0.710. The van der Waals surface area contributed by atoms with Gasteiger partial charge in [-0.1, -0.05) is 28.9 Å². The van der Waals surface area contributed by atoms with Crippen molar-refractivity contribution in [2.24, 2.45) is 0 Å². The molecule has 1 aromatic carbocycles. The zero-order valence-electron chi connectivity index (χ0n) is 12.8. The Labute approximate surface area is 139 Å². The Kier molecular flexibility index (Phi) is 4.21. The molecule has 1 unspecified atom stereocenters. The highest BCUT2D eigenvalue weighted by Crippen LogP contribution is 2.39. The van der Waals surface area contributed by atoms with E-state index in [1.54, 1.807) is 0 Å². The molecule has 2 nitrogen and oxygen atoms in total. The summed E-state index contributed by atoms with van der Waals surface area (Å²) in [4.78, 5) is 6.30. The lowest BCUT2D eigenvalue weighted by Gasteiger charge is -2.36. The van der Waals surface area contributed by atoms with Gasteiger partial charge >= 0.3 is 0 Å². The van der Waals surface area contributed by atoms with Crippen LogP contribution in [0.3, 0.4) is 0 Å². The van der Waals surface area contributed by atoms with Crippen LogP contribution in [0, 0.1) is 6.92 Å². The Bertz CT molecular complexity index is 665. The average molecular weight is 365 g/mol. The lowest BCUT2D eigenvalue weighted by Crippen LogP contribution is -2.44. The zero-order chi connectivity index (χ0) is 15.0. The first-order valence-electron chi connectivity index (χ1n) is 7.51. The minimum atomic E-state index is 0.00365. The summed E-state index contributed by atoms with van der Waals surface area (Å²) in [6.07, 6.45) is 4.27. The molecule has 0 fully saturated rings. The zero-order valence-corrected chi connectivity index (χ0v) is 15.2. The monoisotopic (exact) mass is 364 g/mol. The number of thiazole rings is 1. The summed E-state index contributed by atoms with van der Waals surface area (Å²) < 4.78 is 1.18. The fourth-order valence-electron chi connectivity index (χ4n) is 3.22. The van der Waals surface area contributed by atoms with Gasteiger partial charge < -0.3 is 5.32 Å². The molecule has 3 rings (SSSR count). The van der Waals surface area contributed by atoms with E-state index in [2.05, 4.69) is 60.3 Å². The lowest BCUT2D eigenvalue weighted by molar-refractivity contribution is 0.313. The van der Waals surface area contributed by atoms with Crippen molar-refractivity contribution in [3.8, 4) is 0 Å². The van der Waals surface area contributed by atoms with Crippen LogP contribution in [-0.4, -0.2) is 12.0 Å². The summed E-state index contributed by atoms with van der Waals surface area (Å²) in [6.45, 7) is 4.38. The van der Waals surface area contributed by atoms with Crippen LogP contribution in [0.2, 0.25) is 0 Å². The average Bonchev–Trinajstić information content (AvgIpc) is 2.88. The second-order valence-electron chi connectivity index (χ2n) is 5.80. The van der Waals surface area contributed by atoms with E-state index >= 15 is 0 Å². The van der Waals surface area contributed by atoms with Crippen LogP contribution in [0.25, 0.3) is 0 Å². The lowest BCUT2D eigenvalue weighted by atomic mass is 9.78. The van der Waals surface area contributed by atoms with Gasteiger partial charge in [0.05, 0.1) is 11.2 Å². The van der Waals surface area contributed by atoms with Crippen molar-refractivity contribution in [1.82, 2.24) is 10.3 Å². The Balaban J connectivity index is 2.00. The molecule has 0 radical (unpaired) electrons. The molecule has 2 aromatic rings. The molecule has 1 aliphatic rings. The first kappa shape index (κ1) is 15.2. The summed E-state index contributed by atoms with van der Waals surface area (Å²) >= 11 is 5.44. The van der Waals surface area contributed by atoms with Crippen molar-refractivity contribution < 1.29 is 0 Å². The van der Waals surface area contributed by atoms with Crippen LogP contribution < -0.4 is 5.32 Å². The van der Waals surface area contributed by atoms with Crippen LogP contribution in [0.4, 0.5) is 0 Å². The van der Waals surface area contributed by atoms with Gasteiger partial charge in [-0.15, -0.1) is 11.3 Å². The predicted molar refractivity (Wildman–Crippen MR) is 93.1 cm³/mol. The smallest absolute Gasteiger partial charge is 0.114 e. The van der Waals surface area contributed by atoms with E-state index in [4.69, 9.17) is 4.98 Å². The topological polar surface area (TPSA) is 24.9 Å². The van der Waals surface area contributed by atoms with Gasteiger partial charge in [-0.2, -0.15) is 0 Å². The summed E-state index contributed by atoms with van der Waals surface area (Å²) in [5, 5.41) is 4.85. The largest absolute Gasteiger partial charge is 0.308 e. The fourth-order valence-corrected chi connectivity index (χ4v) is 4.86. The van der Waals surface area contributed by atoms with Crippen LogP contribution in [0.5, 0.6) is 0 Å². The van der Waals surface area contributed by atoms with Crippen LogP contribution in [-0.2, 0) is 24.8 Å². The maximum atomic E-state index is 4.93. The molecule has 1 aliphatic carbocycles. The molecular weight excluding hydrogens is 344 g/mol. The maximum Gasteiger partial charge on any atom is 0.114 e. The van der Waals surface area contributed by atoms with Crippen molar-refractivity contribution in [1.29, 1.82) is 0 Å². The highest BCUT2D eigenvalue weighted by molar-refractivity contribution is 9.10. The standard InChI is InChI=1S/C17H21BrN2S/c1-4-15-11(2)21-16(20-15)17(19-3)8-7-12-9-14(18)6-5-13(12)10-17/h5-6,9,19H,4,7-8,10H2,1-3H3. The Morgan fingerprint density at radius 3 is 2.86 bits per heavy atom. The molecule has 0 aliphatic heterocycles. The molecule has 0 saturated carbocycles. The van der Waals surface area contributed by atoms with Gasteiger partial charge in [0.1, 0.15) is 5.01 Å². The predicted octanol–water partition coefficient (Wildman–Crippen LogP) is 4.38. The summed E-state index contributed by atoms with van der Waals surface area (Å²) in [6, 6.07) is 6.67. The molecule has 112 valence electrons. The number of benzene rings is 1. The van der Waals surface area contributed by atoms with E-state index in [0.29, 0.717) is 0 Å². The first-order valence-corrected chi connectivity index (χ1v) is 9.12. The number of hydrogen-bond donors (Lipinski definition) is 1. The summed E-state index contributed by atoms with van der Waals surface area (Å²) in [5.41, 5.74) is 4.18. The molecule has 21 heavy (non-hydrogen) atoms. The van der Waals surface area contributed by atoms with E-state index in [0.717, 1.165) is 25.7 Å². The molecule has 0 saturated heterocycles. The Morgan fingerprint density at radius 2 is 2.19 bits per heavy atom. The normalized spacial score (nSPS) is 21.3. The number of nitrogens with one attached hydrogen (secondary N) is 1. The van der Waals surface area contributed by atoms with Gasteiger partial charge in [-0.05, 0) is 62.9 Å². The number of aryl methyl sites for hydroxylation is 3. The van der Waals surface area contributed by atoms with Gasteiger partial charge in [-0.25, -0.2) is 4.98 Å². The van der Waals surface area contributed by atoms with Crippen molar-refractivity contribution in [2.75, 3.05) is 7.05 Å². The molecule has 1 aromatic heterocycles. The summed E-state index contributed by atoms with van der Waals surface area (Å²) in [5.74, 6) is 0. The minimum absolute atomic E-state index is 0.00365. The van der Waals surface area contributed by atoms with E-state index in [9.17, 15) is 0 Å². The van der Waals surface area contributed by atoms with Gasteiger partial charge in [0.2, 0.25) is 0 Å². The van der Waals surface area contributed by atoms with Crippen molar-refractivity contribution in [3.05, 3.63) is 49.4 Å². The minimum Gasteiger partial charge on any atom is -0.308 e. The molecule has 0 bridgehead atoms. The maximum absolute atomic E-state index is 4.93. The molecule has 1 N–H and O–H groups in total. The van der Waals surface area contributed by atoms with Crippen LogP contribution in [0.1, 0.15) is 40.1 Å². The number of aromatic nitrogens is 1. The second-order valence-corrected chi connectivity index (χ2v) is 7.92. The van der Waals surface area contributed by atoms with E-state index < -0.39 is 0 Å². The molecule has 1 atom stereocenters. The highest BCUT2D eigenvalue weighted by atomic mass is 79.9.